The Morgan fingerprint density at radius 2 is 1.83 bits per heavy atom. The molecule has 1 fully saturated rings. The number of hydrogen-bond donors (Lipinski definition) is 1. The van der Waals surface area contributed by atoms with E-state index in [2.05, 4.69) is 21.3 Å². The van der Waals surface area contributed by atoms with Gasteiger partial charge >= 0.3 is 6.09 Å². The molecule has 1 atom stereocenters. The number of rotatable bonds is 8. The quantitative estimate of drug-likeness (QED) is 0.579. The van der Waals surface area contributed by atoms with Gasteiger partial charge in [0.05, 0.1) is 31.2 Å². The molecular weight excluding hydrogens is 446 g/mol. The molecule has 35 heavy (non-hydrogen) atoms. The van der Waals surface area contributed by atoms with Gasteiger partial charge in [-0.05, 0) is 38.5 Å². The molecule has 1 aliphatic rings. The van der Waals surface area contributed by atoms with Crippen LogP contribution in [0, 0.1) is 11.3 Å². The molecule has 1 unspecified atom stereocenters. The third kappa shape index (κ3) is 8.26. The number of carbonyl (C=O) groups is 2. The van der Waals surface area contributed by atoms with Crippen LogP contribution in [0.4, 0.5) is 10.6 Å². The first-order chi connectivity index (χ1) is 16.7. The highest BCUT2D eigenvalue weighted by molar-refractivity contribution is 5.76. The SMILES string of the molecule is CC(C)(C)OC(=O)NC(COCCC(=O)N1CCN(c2ccc(C#N)cn2)CC1)c1ccccc1. The second kappa shape index (κ2) is 12.2. The third-order valence-corrected chi connectivity index (χ3v) is 5.47. The number of benzene rings is 1. The number of aromatic nitrogens is 1. The number of piperazine rings is 1. The van der Waals surface area contributed by atoms with E-state index < -0.39 is 11.7 Å². The maximum Gasteiger partial charge on any atom is 0.408 e. The van der Waals surface area contributed by atoms with Crippen LogP contribution in [0.1, 0.15) is 44.4 Å². The number of alkyl carbamates (subject to hydrolysis) is 1. The Morgan fingerprint density at radius 1 is 1.11 bits per heavy atom. The van der Waals surface area contributed by atoms with E-state index in [-0.39, 0.29) is 31.6 Å². The highest BCUT2D eigenvalue weighted by atomic mass is 16.6. The average Bonchev–Trinajstić information content (AvgIpc) is 2.85. The normalized spacial score (nSPS) is 14.7. The zero-order chi connectivity index (χ0) is 25.3. The zero-order valence-corrected chi connectivity index (χ0v) is 20.6. The summed E-state index contributed by atoms with van der Waals surface area (Å²) in [5.74, 6) is 0.845. The average molecular weight is 480 g/mol. The van der Waals surface area contributed by atoms with Crippen LogP contribution in [0.2, 0.25) is 0 Å². The first-order valence-electron chi connectivity index (χ1n) is 11.8. The molecule has 1 aromatic heterocycles. The van der Waals surface area contributed by atoms with Crippen LogP contribution in [0.3, 0.4) is 0 Å². The smallest absolute Gasteiger partial charge is 0.408 e. The zero-order valence-electron chi connectivity index (χ0n) is 20.6. The molecule has 2 heterocycles. The van der Waals surface area contributed by atoms with Gasteiger partial charge in [-0.25, -0.2) is 9.78 Å². The lowest BCUT2D eigenvalue weighted by molar-refractivity contribution is -0.132. The molecular formula is C26H33N5O4. The van der Waals surface area contributed by atoms with E-state index in [0.717, 1.165) is 11.4 Å². The lowest BCUT2D eigenvalue weighted by atomic mass is 10.1. The summed E-state index contributed by atoms with van der Waals surface area (Å²) in [5.41, 5.74) is 0.828. The van der Waals surface area contributed by atoms with Crippen molar-refractivity contribution in [2.24, 2.45) is 0 Å². The fourth-order valence-electron chi connectivity index (χ4n) is 3.70. The van der Waals surface area contributed by atoms with Gasteiger partial charge < -0.3 is 24.6 Å². The first-order valence-corrected chi connectivity index (χ1v) is 11.8. The summed E-state index contributed by atoms with van der Waals surface area (Å²) in [6.45, 7) is 8.50. The van der Waals surface area contributed by atoms with Crippen molar-refractivity contribution in [1.82, 2.24) is 15.2 Å². The van der Waals surface area contributed by atoms with Crippen LogP contribution in [0.5, 0.6) is 0 Å². The molecule has 2 aromatic rings. The molecule has 3 rings (SSSR count). The summed E-state index contributed by atoms with van der Waals surface area (Å²) in [7, 11) is 0. The first kappa shape index (κ1) is 26.0. The summed E-state index contributed by atoms with van der Waals surface area (Å²) in [5, 5.41) is 11.8. The van der Waals surface area contributed by atoms with Crippen LogP contribution in [-0.4, -0.2) is 66.9 Å². The van der Waals surface area contributed by atoms with Gasteiger partial charge in [-0.3, -0.25) is 4.79 Å². The molecule has 0 spiro atoms. The Balaban J connectivity index is 1.43. The Hall–Kier alpha value is -3.64. The Bertz CT molecular complexity index is 1010. The number of amides is 2. The molecule has 0 bridgehead atoms. The van der Waals surface area contributed by atoms with Crippen molar-refractivity contribution in [2.75, 3.05) is 44.3 Å². The summed E-state index contributed by atoms with van der Waals surface area (Å²) in [6.07, 6.45) is 1.31. The van der Waals surface area contributed by atoms with E-state index in [9.17, 15) is 9.59 Å². The molecule has 2 amide bonds. The fourth-order valence-corrected chi connectivity index (χ4v) is 3.70. The van der Waals surface area contributed by atoms with E-state index in [4.69, 9.17) is 14.7 Å². The van der Waals surface area contributed by atoms with Gasteiger partial charge in [0.25, 0.3) is 0 Å². The maximum absolute atomic E-state index is 12.7. The topological polar surface area (TPSA) is 108 Å². The number of nitriles is 1. The number of pyridine rings is 1. The summed E-state index contributed by atoms with van der Waals surface area (Å²) in [4.78, 5) is 33.2. The number of nitrogens with zero attached hydrogens (tertiary/aromatic N) is 4. The minimum absolute atomic E-state index is 0.0359. The molecule has 186 valence electrons. The van der Waals surface area contributed by atoms with E-state index in [0.29, 0.717) is 31.7 Å². The molecule has 1 aromatic carbocycles. The van der Waals surface area contributed by atoms with Crippen molar-refractivity contribution in [3.63, 3.8) is 0 Å². The van der Waals surface area contributed by atoms with Crippen LogP contribution in [-0.2, 0) is 14.3 Å². The van der Waals surface area contributed by atoms with E-state index >= 15 is 0 Å². The second-order valence-corrected chi connectivity index (χ2v) is 9.32. The lowest BCUT2D eigenvalue weighted by Crippen LogP contribution is -2.49. The lowest BCUT2D eigenvalue weighted by Gasteiger charge is -2.35. The number of nitrogens with one attached hydrogen (secondary N) is 1. The largest absolute Gasteiger partial charge is 0.444 e. The minimum Gasteiger partial charge on any atom is -0.444 e. The van der Waals surface area contributed by atoms with Crippen molar-refractivity contribution in [2.45, 2.75) is 38.8 Å². The Morgan fingerprint density at radius 3 is 2.43 bits per heavy atom. The standard InChI is InChI=1S/C26H33N5O4/c1-26(2,3)35-25(33)29-22(21-7-5-4-6-8-21)19-34-16-11-24(32)31-14-12-30(13-15-31)23-10-9-20(17-27)18-28-23/h4-10,18,22H,11-16,19H2,1-3H3,(H,29,33). The van der Waals surface area contributed by atoms with Gasteiger partial charge in [0.15, 0.2) is 0 Å². The Kier molecular flexibility index (Phi) is 9.04. The predicted octanol–water partition coefficient (Wildman–Crippen LogP) is 3.27. The van der Waals surface area contributed by atoms with E-state index in [1.54, 1.807) is 12.3 Å². The van der Waals surface area contributed by atoms with Gasteiger partial charge in [-0.2, -0.15) is 5.26 Å². The van der Waals surface area contributed by atoms with Crippen molar-refractivity contribution in [3.05, 3.63) is 59.8 Å². The van der Waals surface area contributed by atoms with Crippen molar-refractivity contribution < 1.29 is 19.1 Å². The molecule has 0 aliphatic carbocycles. The number of hydrogen-bond acceptors (Lipinski definition) is 7. The van der Waals surface area contributed by atoms with Crippen LogP contribution in [0.15, 0.2) is 48.7 Å². The molecule has 1 N–H and O–H groups in total. The van der Waals surface area contributed by atoms with Crippen molar-refractivity contribution >= 4 is 17.8 Å². The number of ether oxygens (including phenoxy) is 2. The second-order valence-electron chi connectivity index (χ2n) is 9.32. The predicted molar refractivity (Wildman–Crippen MR) is 132 cm³/mol. The molecule has 1 aliphatic heterocycles. The molecule has 9 heteroatoms. The molecule has 0 radical (unpaired) electrons. The molecule has 1 saturated heterocycles. The maximum atomic E-state index is 12.7. The van der Waals surface area contributed by atoms with Gasteiger partial charge in [0.2, 0.25) is 5.91 Å². The third-order valence-electron chi connectivity index (χ3n) is 5.47. The van der Waals surface area contributed by atoms with Gasteiger partial charge in [-0.1, -0.05) is 30.3 Å². The van der Waals surface area contributed by atoms with Crippen molar-refractivity contribution in [1.29, 1.82) is 5.26 Å². The van der Waals surface area contributed by atoms with Gasteiger partial charge in [0.1, 0.15) is 17.5 Å². The van der Waals surface area contributed by atoms with Crippen LogP contribution in [0.25, 0.3) is 0 Å². The van der Waals surface area contributed by atoms with Gasteiger partial charge in [0, 0.05) is 32.4 Å². The molecule has 0 saturated carbocycles. The van der Waals surface area contributed by atoms with Crippen LogP contribution >= 0.6 is 0 Å². The Labute approximate surface area is 206 Å². The summed E-state index contributed by atoms with van der Waals surface area (Å²) < 4.78 is 11.2. The fraction of sp³-hybridized carbons (Fsp3) is 0.462. The van der Waals surface area contributed by atoms with E-state index in [1.807, 2.05) is 62.1 Å². The summed E-state index contributed by atoms with van der Waals surface area (Å²) >= 11 is 0. The number of anilines is 1. The highest BCUT2D eigenvalue weighted by Crippen LogP contribution is 2.16. The van der Waals surface area contributed by atoms with E-state index in [1.165, 1.54) is 0 Å². The van der Waals surface area contributed by atoms with Crippen LogP contribution < -0.4 is 10.2 Å². The van der Waals surface area contributed by atoms with Gasteiger partial charge in [-0.15, -0.1) is 0 Å². The summed E-state index contributed by atoms with van der Waals surface area (Å²) in [6, 6.07) is 14.8. The highest BCUT2D eigenvalue weighted by Gasteiger charge is 2.23. The number of carbonyl (C=O) groups excluding carboxylic acids is 2. The monoisotopic (exact) mass is 479 g/mol. The molecule has 9 nitrogen and oxygen atoms in total. The minimum atomic E-state index is -0.598. The van der Waals surface area contributed by atoms with Crippen molar-refractivity contribution in [3.8, 4) is 6.07 Å².